The number of fused-ring (bicyclic) bond motifs is 1. The number of aliphatic hydroxyl groups excluding tert-OH is 1. The molecule has 9 heteroatoms. The van der Waals surface area contributed by atoms with Crippen LogP contribution in [0.25, 0.3) is 0 Å². The zero-order valence-corrected chi connectivity index (χ0v) is 16.1. The summed E-state index contributed by atoms with van der Waals surface area (Å²) in [6.45, 7) is 3.81. The molecule has 2 aliphatic heterocycles. The van der Waals surface area contributed by atoms with Crippen LogP contribution in [0.4, 0.5) is 5.95 Å². The first-order chi connectivity index (χ1) is 13.6. The third-order valence-corrected chi connectivity index (χ3v) is 6.06. The van der Waals surface area contributed by atoms with Crippen LogP contribution in [-0.4, -0.2) is 83.0 Å². The second-order valence-electron chi connectivity index (χ2n) is 7.64. The normalized spacial score (nSPS) is 29.6. The number of anilines is 1. The molecule has 0 aromatic carbocycles. The summed E-state index contributed by atoms with van der Waals surface area (Å²) >= 11 is 0. The minimum absolute atomic E-state index is 0.220. The number of rotatable bonds is 3. The lowest BCUT2D eigenvalue weighted by atomic mass is 9.77. The van der Waals surface area contributed by atoms with Crippen molar-refractivity contribution in [2.75, 3.05) is 38.2 Å². The first kappa shape index (κ1) is 20.5. The number of esters is 1. The number of hydrogen-bond acceptors (Lipinski definition) is 8. The highest BCUT2D eigenvalue weighted by Gasteiger charge is 2.44. The van der Waals surface area contributed by atoms with Crippen LogP contribution in [0.3, 0.4) is 0 Å². The largest absolute Gasteiger partial charge is 0.483 e. The number of aliphatic hydroxyl groups is 1. The van der Waals surface area contributed by atoms with Gasteiger partial charge in [0.1, 0.15) is 0 Å². The first-order valence-electron chi connectivity index (χ1n) is 9.72. The molecule has 154 valence electrons. The van der Waals surface area contributed by atoms with E-state index in [1.54, 1.807) is 0 Å². The Morgan fingerprint density at radius 2 is 1.75 bits per heavy atom. The zero-order valence-electron chi connectivity index (χ0n) is 16.1. The maximum absolute atomic E-state index is 11.5. The minimum Gasteiger partial charge on any atom is -0.483 e. The lowest BCUT2D eigenvalue weighted by Crippen LogP contribution is -2.48. The molecule has 1 aromatic heterocycles. The van der Waals surface area contributed by atoms with Gasteiger partial charge in [0, 0.05) is 31.5 Å². The second-order valence-corrected chi connectivity index (χ2v) is 7.64. The molecule has 4 atom stereocenters. The predicted molar refractivity (Wildman–Crippen MR) is 101 cm³/mol. The van der Waals surface area contributed by atoms with Crippen molar-refractivity contribution in [1.82, 2.24) is 14.9 Å². The Balaban J connectivity index is 0.000000706. The molecule has 1 saturated carbocycles. The Hall–Kier alpha value is -2.26. The van der Waals surface area contributed by atoms with Gasteiger partial charge in [0.05, 0.1) is 18.8 Å². The third-order valence-electron chi connectivity index (χ3n) is 6.06. The number of carboxylic acid groups (broad SMARTS) is 1. The Morgan fingerprint density at radius 3 is 2.32 bits per heavy atom. The van der Waals surface area contributed by atoms with Crippen LogP contribution in [0.2, 0.25) is 0 Å². The van der Waals surface area contributed by atoms with E-state index < -0.39 is 5.97 Å². The third kappa shape index (κ3) is 4.41. The molecule has 0 amide bonds. The van der Waals surface area contributed by atoms with Crippen LogP contribution in [0.1, 0.15) is 36.0 Å². The Morgan fingerprint density at radius 1 is 1.18 bits per heavy atom. The highest BCUT2D eigenvalue weighted by molar-refractivity contribution is 5.88. The molecule has 0 unspecified atom stereocenters. The highest BCUT2D eigenvalue weighted by atomic mass is 16.5. The molecular formula is C19H28N4O5. The van der Waals surface area contributed by atoms with Gasteiger partial charge in [-0.25, -0.2) is 14.8 Å². The molecule has 2 N–H and O–H groups in total. The van der Waals surface area contributed by atoms with Crippen molar-refractivity contribution in [2.45, 2.75) is 37.8 Å². The molecule has 0 bridgehead atoms. The molecule has 2 saturated heterocycles. The zero-order chi connectivity index (χ0) is 20.1. The van der Waals surface area contributed by atoms with E-state index in [1.807, 2.05) is 0 Å². The maximum atomic E-state index is 11.5. The van der Waals surface area contributed by atoms with Gasteiger partial charge in [-0.2, -0.15) is 0 Å². The summed E-state index contributed by atoms with van der Waals surface area (Å²) in [5.74, 6) is 1.32. The van der Waals surface area contributed by atoms with Gasteiger partial charge in [0.2, 0.25) is 5.95 Å². The Bertz CT molecular complexity index is 665. The number of hydrogen-bond donors (Lipinski definition) is 2. The quantitative estimate of drug-likeness (QED) is 0.564. The van der Waals surface area contributed by atoms with Gasteiger partial charge in [0.15, 0.2) is 0 Å². The van der Waals surface area contributed by atoms with Crippen molar-refractivity contribution in [3.63, 3.8) is 0 Å². The van der Waals surface area contributed by atoms with Crippen molar-refractivity contribution in [2.24, 2.45) is 11.8 Å². The summed E-state index contributed by atoms with van der Waals surface area (Å²) in [5, 5.41) is 17.5. The van der Waals surface area contributed by atoms with E-state index in [-0.39, 0.29) is 12.6 Å². The smallest absolute Gasteiger partial charge is 0.341 e. The standard InChI is InChI=1S/C18H26N4O3.CH2O2/c1-25-17(24)14-8-19-18(20-9-14)22-10-12-6-15(21-4-2-3-5-21)16(23)7-13(12)11-22;2-1-3/h8-9,12-13,15-16,23H,2-7,10-11H2,1H3;1H,(H,2,3)/t12-,13+,15-,16-;/m1./s1. The first-order valence-corrected chi connectivity index (χ1v) is 9.72. The second kappa shape index (κ2) is 9.29. The summed E-state index contributed by atoms with van der Waals surface area (Å²) < 4.78 is 4.69. The molecule has 1 aromatic rings. The Kier molecular flexibility index (Phi) is 6.79. The Labute approximate surface area is 164 Å². The van der Waals surface area contributed by atoms with Crippen LogP contribution >= 0.6 is 0 Å². The molecular weight excluding hydrogens is 364 g/mol. The van der Waals surface area contributed by atoms with Crippen LogP contribution in [0.15, 0.2) is 12.4 Å². The van der Waals surface area contributed by atoms with Crippen molar-refractivity contribution in [3.05, 3.63) is 18.0 Å². The van der Waals surface area contributed by atoms with Crippen LogP contribution in [-0.2, 0) is 9.53 Å². The van der Waals surface area contributed by atoms with Crippen molar-refractivity contribution in [3.8, 4) is 0 Å². The number of nitrogens with zero attached hydrogens (tertiary/aromatic N) is 4. The fraction of sp³-hybridized carbons (Fsp3) is 0.684. The van der Waals surface area contributed by atoms with E-state index in [2.05, 4.69) is 24.5 Å². The molecule has 28 heavy (non-hydrogen) atoms. The van der Waals surface area contributed by atoms with E-state index in [0.29, 0.717) is 29.4 Å². The van der Waals surface area contributed by atoms with Crippen LogP contribution < -0.4 is 4.90 Å². The number of carbonyl (C=O) groups is 2. The van der Waals surface area contributed by atoms with E-state index in [1.165, 1.54) is 32.3 Å². The molecule has 9 nitrogen and oxygen atoms in total. The van der Waals surface area contributed by atoms with Gasteiger partial charge in [0.25, 0.3) is 6.47 Å². The molecule has 3 aliphatic rings. The monoisotopic (exact) mass is 392 g/mol. The summed E-state index contributed by atoms with van der Waals surface area (Å²) in [5.41, 5.74) is 0.368. The molecule has 4 rings (SSSR count). The lowest BCUT2D eigenvalue weighted by Gasteiger charge is -2.40. The van der Waals surface area contributed by atoms with Gasteiger partial charge in [-0.1, -0.05) is 0 Å². The summed E-state index contributed by atoms with van der Waals surface area (Å²) in [7, 11) is 1.35. The van der Waals surface area contributed by atoms with Crippen molar-refractivity contribution >= 4 is 18.4 Å². The summed E-state index contributed by atoms with van der Waals surface area (Å²) in [6, 6.07) is 0.311. The molecule has 3 heterocycles. The van der Waals surface area contributed by atoms with Crippen LogP contribution in [0, 0.1) is 11.8 Å². The highest BCUT2D eigenvalue weighted by Crippen LogP contribution is 2.39. The average Bonchev–Trinajstić information content (AvgIpc) is 3.37. The molecule has 0 spiro atoms. The number of ether oxygens (including phenoxy) is 1. The van der Waals surface area contributed by atoms with Gasteiger partial charge in [-0.3, -0.25) is 9.69 Å². The van der Waals surface area contributed by atoms with Crippen LogP contribution in [0.5, 0.6) is 0 Å². The van der Waals surface area contributed by atoms with Crippen molar-refractivity contribution in [1.29, 1.82) is 0 Å². The average molecular weight is 392 g/mol. The number of likely N-dealkylation sites (tertiary alicyclic amines) is 1. The topological polar surface area (TPSA) is 116 Å². The number of carbonyl (C=O) groups excluding carboxylic acids is 1. The predicted octanol–water partition coefficient (Wildman–Crippen LogP) is 0.636. The van der Waals surface area contributed by atoms with Gasteiger partial charge in [-0.05, 0) is 50.6 Å². The fourth-order valence-corrected chi connectivity index (χ4v) is 4.74. The van der Waals surface area contributed by atoms with Gasteiger partial charge < -0.3 is 19.8 Å². The van der Waals surface area contributed by atoms with E-state index >= 15 is 0 Å². The number of methoxy groups -OCH3 is 1. The SMILES string of the molecule is COC(=O)c1cnc(N2C[C@H]3C[C@@H](N4CCCC4)[C@H](O)C[C@H]3C2)nc1.O=CO. The van der Waals surface area contributed by atoms with Crippen molar-refractivity contribution < 1.29 is 24.5 Å². The maximum Gasteiger partial charge on any atom is 0.341 e. The molecule has 1 aliphatic carbocycles. The van der Waals surface area contributed by atoms with E-state index in [9.17, 15) is 9.90 Å². The van der Waals surface area contributed by atoms with Gasteiger partial charge >= 0.3 is 5.97 Å². The van der Waals surface area contributed by atoms with Gasteiger partial charge in [-0.15, -0.1) is 0 Å². The lowest BCUT2D eigenvalue weighted by molar-refractivity contribution is -0.122. The summed E-state index contributed by atoms with van der Waals surface area (Å²) in [6.07, 6.45) is 7.26. The number of aromatic nitrogens is 2. The van der Waals surface area contributed by atoms with E-state index in [0.717, 1.165) is 39.0 Å². The fourth-order valence-electron chi connectivity index (χ4n) is 4.74. The summed E-state index contributed by atoms with van der Waals surface area (Å²) in [4.78, 5) is 33.2. The molecule has 0 radical (unpaired) electrons. The molecule has 3 fully saturated rings. The minimum atomic E-state index is -0.418. The van der Waals surface area contributed by atoms with E-state index in [4.69, 9.17) is 9.90 Å².